The van der Waals surface area contributed by atoms with Gasteiger partial charge in [0.1, 0.15) is 17.3 Å². The lowest BCUT2D eigenvalue weighted by molar-refractivity contribution is 0.103. The molecule has 1 amide bonds. The summed E-state index contributed by atoms with van der Waals surface area (Å²) in [4.78, 5) is 31.3. The number of carbonyl (C=O) groups excluding carboxylic acids is 1. The first-order valence-corrected chi connectivity index (χ1v) is 9.75. The van der Waals surface area contributed by atoms with Crippen LogP contribution < -0.4 is 10.9 Å². The maximum absolute atomic E-state index is 12.9. The van der Waals surface area contributed by atoms with Crippen LogP contribution in [0.5, 0.6) is 0 Å². The Morgan fingerprint density at radius 3 is 2.70 bits per heavy atom. The monoisotopic (exact) mass is 387 g/mol. The van der Waals surface area contributed by atoms with Crippen molar-refractivity contribution in [2.75, 3.05) is 12.0 Å². The highest BCUT2D eigenvalue weighted by molar-refractivity contribution is 7.20. The summed E-state index contributed by atoms with van der Waals surface area (Å²) in [5.41, 5.74) is 2.01. The Hall–Kier alpha value is -2.54. The minimum Gasteiger partial charge on any atom is -0.321 e. The summed E-state index contributed by atoms with van der Waals surface area (Å²) in [6.45, 7) is 5.00. The van der Waals surface area contributed by atoms with Gasteiger partial charge in [0, 0.05) is 12.1 Å². The molecule has 1 aromatic carbocycles. The third kappa shape index (κ3) is 3.64. The van der Waals surface area contributed by atoms with Crippen molar-refractivity contribution >= 4 is 33.1 Å². The van der Waals surface area contributed by atoms with Gasteiger partial charge >= 0.3 is 0 Å². The molecule has 2 heterocycles. The first-order valence-electron chi connectivity index (χ1n) is 8.93. The number of rotatable bonds is 6. The van der Waals surface area contributed by atoms with E-state index in [1.54, 1.807) is 6.92 Å². The van der Waals surface area contributed by atoms with Crippen LogP contribution in [0.4, 0.5) is 10.1 Å². The molecule has 27 heavy (non-hydrogen) atoms. The van der Waals surface area contributed by atoms with E-state index in [0.717, 1.165) is 17.7 Å². The Kier molecular flexibility index (Phi) is 5.70. The van der Waals surface area contributed by atoms with Gasteiger partial charge in [0.15, 0.2) is 0 Å². The number of anilines is 1. The number of nitrogens with one attached hydrogen (secondary N) is 1. The van der Waals surface area contributed by atoms with Crippen LogP contribution in [-0.2, 0) is 13.0 Å². The number of halogens is 1. The fourth-order valence-corrected chi connectivity index (χ4v) is 4.18. The molecule has 7 heteroatoms. The lowest BCUT2D eigenvalue weighted by atomic mass is 10.1. The number of amides is 1. The molecule has 0 fully saturated rings. The van der Waals surface area contributed by atoms with Gasteiger partial charge in [-0.2, -0.15) is 0 Å². The maximum Gasteiger partial charge on any atom is 0.266 e. The standard InChI is InChI=1S/C20H22FN3O2S/c1-4-7-15-23-19-16(20(26)24(15)11-10-21)13(3)17(27-19)18(25)22-14-9-6-5-8-12(14)2/h5-6,8-9H,4,7,10-11H2,1-3H3,(H,22,25). The van der Waals surface area contributed by atoms with Gasteiger partial charge in [0.25, 0.3) is 11.5 Å². The van der Waals surface area contributed by atoms with Crippen LogP contribution in [0.25, 0.3) is 10.2 Å². The van der Waals surface area contributed by atoms with Crippen molar-refractivity contribution in [1.82, 2.24) is 9.55 Å². The summed E-state index contributed by atoms with van der Waals surface area (Å²) in [7, 11) is 0. The quantitative estimate of drug-likeness (QED) is 0.688. The average molecular weight is 387 g/mol. The Balaban J connectivity index is 2.09. The number of benzene rings is 1. The topological polar surface area (TPSA) is 64.0 Å². The molecule has 0 aliphatic heterocycles. The number of aryl methyl sites for hydroxylation is 3. The van der Waals surface area contributed by atoms with E-state index in [9.17, 15) is 14.0 Å². The Labute approximate surface area is 160 Å². The van der Waals surface area contributed by atoms with E-state index in [0.29, 0.717) is 32.9 Å². The fourth-order valence-electron chi connectivity index (χ4n) is 3.10. The fraction of sp³-hybridized carbons (Fsp3) is 0.350. The molecule has 3 rings (SSSR count). The van der Waals surface area contributed by atoms with Crippen molar-refractivity contribution in [2.45, 2.75) is 40.2 Å². The minimum absolute atomic E-state index is 0.0167. The zero-order valence-corrected chi connectivity index (χ0v) is 16.5. The first kappa shape index (κ1) is 19.2. The molecule has 0 aliphatic carbocycles. The molecule has 0 aliphatic rings. The third-order valence-electron chi connectivity index (χ3n) is 4.51. The van der Waals surface area contributed by atoms with Crippen LogP contribution in [0.1, 0.15) is 40.0 Å². The highest BCUT2D eigenvalue weighted by atomic mass is 32.1. The number of para-hydroxylation sites is 1. The molecule has 0 radical (unpaired) electrons. The molecular weight excluding hydrogens is 365 g/mol. The summed E-state index contributed by atoms with van der Waals surface area (Å²) in [6.07, 6.45) is 1.39. The van der Waals surface area contributed by atoms with E-state index in [2.05, 4.69) is 10.3 Å². The number of hydrogen-bond acceptors (Lipinski definition) is 4. The summed E-state index contributed by atoms with van der Waals surface area (Å²) < 4.78 is 14.3. The van der Waals surface area contributed by atoms with Crippen LogP contribution in [0.15, 0.2) is 29.1 Å². The molecule has 0 spiro atoms. The van der Waals surface area contributed by atoms with Crippen LogP contribution in [0.3, 0.4) is 0 Å². The first-order chi connectivity index (χ1) is 13.0. The second-order valence-electron chi connectivity index (χ2n) is 6.43. The van der Waals surface area contributed by atoms with Gasteiger partial charge in [0.05, 0.1) is 16.8 Å². The van der Waals surface area contributed by atoms with Crippen LogP contribution in [0.2, 0.25) is 0 Å². The van der Waals surface area contributed by atoms with Gasteiger partial charge < -0.3 is 5.32 Å². The van der Waals surface area contributed by atoms with Crippen LogP contribution in [0, 0.1) is 13.8 Å². The molecule has 0 unspecified atom stereocenters. The van der Waals surface area contributed by atoms with Crippen molar-refractivity contribution in [3.63, 3.8) is 0 Å². The number of fused-ring (bicyclic) bond motifs is 1. The Morgan fingerprint density at radius 1 is 1.30 bits per heavy atom. The highest BCUT2D eigenvalue weighted by Gasteiger charge is 2.21. The SMILES string of the molecule is CCCc1nc2sc(C(=O)Nc3ccccc3C)c(C)c2c(=O)n1CCF. The molecule has 3 aromatic rings. The minimum atomic E-state index is -0.631. The van der Waals surface area contributed by atoms with Crippen molar-refractivity contribution < 1.29 is 9.18 Å². The van der Waals surface area contributed by atoms with Gasteiger partial charge in [-0.3, -0.25) is 14.2 Å². The predicted molar refractivity (Wildman–Crippen MR) is 108 cm³/mol. The highest BCUT2D eigenvalue weighted by Crippen LogP contribution is 2.29. The summed E-state index contributed by atoms with van der Waals surface area (Å²) in [6, 6.07) is 7.51. The number of aromatic nitrogens is 2. The van der Waals surface area contributed by atoms with Gasteiger partial charge in [-0.25, -0.2) is 9.37 Å². The smallest absolute Gasteiger partial charge is 0.266 e. The van der Waals surface area contributed by atoms with Gasteiger partial charge in [-0.05, 0) is 37.5 Å². The number of carbonyl (C=O) groups is 1. The maximum atomic E-state index is 12.9. The van der Waals surface area contributed by atoms with Crippen LogP contribution in [-0.4, -0.2) is 22.1 Å². The number of hydrogen-bond donors (Lipinski definition) is 1. The Morgan fingerprint density at radius 2 is 2.04 bits per heavy atom. The van der Waals surface area contributed by atoms with E-state index in [1.807, 2.05) is 38.1 Å². The van der Waals surface area contributed by atoms with E-state index in [1.165, 1.54) is 15.9 Å². The number of thiophene rings is 1. The van der Waals surface area contributed by atoms with E-state index in [-0.39, 0.29) is 18.0 Å². The lowest BCUT2D eigenvalue weighted by Crippen LogP contribution is -2.26. The molecule has 142 valence electrons. The molecule has 0 saturated heterocycles. The molecule has 1 N–H and O–H groups in total. The second kappa shape index (κ2) is 8.00. The molecule has 0 saturated carbocycles. The predicted octanol–water partition coefficient (Wildman–Crippen LogP) is 4.25. The zero-order chi connectivity index (χ0) is 19.6. The van der Waals surface area contributed by atoms with Crippen LogP contribution >= 0.6 is 11.3 Å². The largest absolute Gasteiger partial charge is 0.321 e. The molecule has 0 bridgehead atoms. The van der Waals surface area contributed by atoms with Crippen molar-refractivity contribution in [3.05, 3.63) is 56.4 Å². The molecule has 5 nitrogen and oxygen atoms in total. The summed E-state index contributed by atoms with van der Waals surface area (Å²) in [5, 5.41) is 3.31. The number of alkyl halides is 1. The zero-order valence-electron chi connectivity index (χ0n) is 15.6. The summed E-state index contributed by atoms with van der Waals surface area (Å²) >= 11 is 1.21. The lowest BCUT2D eigenvalue weighted by Gasteiger charge is -2.10. The van der Waals surface area contributed by atoms with Crippen molar-refractivity contribution in [2.24, 2.45) is 0 Å². The van der Waals surface area contributed by atoms with E-state index < -0.39 is 6.67 Å². The number of nitrogens with zero attached hydrogens (tertiary/aromatic N) is 2. The van der Waals surface area contributed by atoms with E-state index in [4.69, 9.17) is 0 Å². The Bertz CT molecular complexity index is 1060. The third-order valence-corrected chi connectivity index (χ3v) is 5.70. The van der Waals surface area contributed by atoms with Gasteiger partial charge in [-0.1, -0.05) is 25.1 Å². The normalized spacial score (nSPS) is 11.1. The molecule has 0 atom stereocenters. The second-order valence-corrected chi connectivity index (χ2v) is 7.43. The van der Waals surface area contributed by atoms with E-state index >= 15 is 0 Å². The average Bonchev–Trinajstić information content (AvgIpc) is 2.97. The molecule has 2 aromatic heterocycles. The van der Waals surface area contributed by atoms with Gasteiger partial charge in [-0.15, -0.1) is 11.3 Å². The van der Waals surface area contributed by atoms with Gasteiger partial charge in [0.2, 0.25) is 0 Å². The molecular formula is C20H22FN3O2S. The van der Waals surface area contributed by atoms with Crippen molar-refractivity contribution in [3.8, 4) is 0 Å². The summed E-state index contributed by atoms with van der Waals surface area (Å²) in [5.74, 6) is 0.304. The van der Waals surface area contributed by atoms with Crippen molar-refractivity contribution in [1.29, 1.82) is 0 Å².